The molecule has 6 aliphatic rings. The fourth-order valence-corrected chi connectivity index (χ4v) is 19.8. The Hall–Kier alpha value is -16.4. The van der Waals surface area contributed by atoms with E-state index in [1.54, 1.807) is 0 Å². The molecule has 0 amide bonds. The Balaban J connectivity index is 0.868. The van der Waals surface area contributed by atoms with E-state index in [9.17, 15) is 0 Å². The van der Waals surface area contributed by atoms with E-state index in [0.29, 0.717) is 0 Å². The summed E-state index contributed by atoms with van der Waals surface area (Å²) in [4.78, 5) is 0. The zero-order chi connectivity index (χ0) is 83.6. The fourth-order valence-electron chi connectivity index (χ4n) is 19.8. The van der Waals surface area contributed by atoms with Crippen molar-refractivity contribution in [2.75, 3.05) is 0 Å². The van der Waals surface area contributed by atoms with Crippen molar-refractivity contribution < 1.29 is 0 Å². The summed E-state index contributed by atoms with van der Waals surface area (Å²) in [5, 5.41) is 0. The lowest BCUT2D eigenvalue weighted by molar-refractivity contribution is 1.53. The van der Waals surface area contributed by atoms with E-state index in [2.05, 4.69) is 510 Å². The maximum atomic E-state index is 2.56. The van der Waals surface area contributed by atoms with Crippen LogP contribution in [0, 0.1) is 0 Å². The van der Waals surface area contributed by atoms with Crippen molar-refractivity contribution in [3.63, 3.8) is 0 Å². The van der Waals surface area contributed by atoms with E-state index >= 15 is 0 Å². The van der Waals surface area contributed by atoms with Gasteiger partial charge in [-0.15, -0.1) is 0 Å². The Morgan fingerprint density at radius 2 is 0.206 bits per heavy atom. The van der Waals surface area contributed by atoms with E-state index in [1.165, 1.54) is 44.5 Å². The van der Waals surface area contributed by atoms with Crippen LogP contribution in [0.3, 0.4) is 0 Å². The molecule has 0 aliphatic heterocycles. The third-order valence-corrected chi connectivity index (χ3v) is 25.3. The lowest BCUT2D eigenvalue weighted by Crippen LogP contribution is -1.98. The average molecular weight is 1600 g/mol. The van der Waals surface area contributed by atoms with Gasteiger partial charge in [-0.3, -0.25) is 0 Å². The van der Waals surface area contributed by atoms with Gasteiger partial charge in [-0.25, -0.2) is 0 Å². The summed E-state index contributed by atoms with van der Waals surface area (Å²) >= 11 is 0. The van der Waals surface area contributed by atoms with Gasteiger partial charge < -0.3 is 0 Å². The molecule has 0 radical (unpaired) electrons. The molecule has 0 N–H and O–H groups in total. The largest absolute Gasteiger partial charge is 0.0622 e. The topological polar surface area (TPSA) is 0 Å². The second kappa shape index (κ2) is 33.6. The van der Waals surface area contributed by atoms with Crippen LogP contribution >= 0.6 is 0 Å². The Bertz CT molecular complexity index is 7560. The SMILES string of the molecule is c1ccc(-c2cc(-c3cc(-c4ccc(-c5cc(-c6cc(-c7ccccc7)c(-c7ccccc7)c(-c7ccccc7)c6-c6ccccc6)c6cccccc5-6)c(-c5cc(-c6cc(-c7ccccc7)c(-c7ccccc7)c(-c7ccccc7)c6-c6ccccc6)c6cccccc5-6)c4)c4cccccc3-4)c(-c3ccccc3)c(-c3ccccc3)c2-c2ccccc2)cc1. The van der Waals surface area contributed by atoms with Crippen molar-refractivity contribution in [2.24, 2.45) is 0 Å². The first-order valence-corrected chi connectivity index (χ1v) is 43.6. The Kier molecular flexibility index (Phi) is 20.2. The molecule has 0 unspecified atom stereocenters. The van der Waals surface area contributed by atoms with Crippen LogP contribution in [0.15, 0.2) is 510 Å². The average Bonchev–Trinajstić information content (AvgIpc) is 1.49. The minimum atomic E-state index is 1.10. The van der Waals surface area contributed by atoms with E-state index in [1.807, 2.05) is 0 Å². The van der Waals surface area contributed by atoms with Crippen molar-refractivity contribution in [3.05, 3.63) is 510 Å². The standard InChI is InChI=1S/C126H84/c1-16-46-85(47-17-1)106-80-115(121(91-58-28-7-29-59-91)124(94-64-34-10-35-65-94)118(106)88-52-22-4-23-53-88)112-79-105(98-70-40-13-41-71-99(98)112)97-76-77-104(110-83-113(102-74-44-14-42-72-100(102)110)116-81-107(86-48-18-2-19-49-86)119(89-54-24-5-25-55-89)125(95-66-36-11-37-67-95)122(116)92-60-30-8-31-61-92)109(78-97)111-84-114(103-75-45-15-43-73-101(103)111)117-82-108(87-50-20-3-21-51-87)120(90-56-26-6-27-57-90)126(96-68-38-12-39-69-96)123(117)93-62-32-9-33-63-93/h1-84H. The molecule has 0 fully saturated rings. The van der Waals surface area contributed by atoms with Crippen LogP contribution in [0.2, 0.25) is 0 Å². The number of hydrogen-bond donors (Lipinski definition) is 0. The molecule has 0 atom stereocenters. The highest BCUT2D eigenvalue weighted by Crippen LogP contribution is 2.60. The molecule has 16 aromatic rings. The minimum Gasteiger partial charge on any atom is -0.0622 e. The molecular formula is C126H84. The van der Waals surface area contributed by atoms with E-state index in [-0.39, 0.29) is 0 Å². The predicted molar refractivity (Wildman–Crippen MR) is 534 cm³/mol. The van der Waals surface area contributed by atoms with E-state index < -0.39 is 0 Å². The van der Waals surface area contributed by atoms with Gasteiger partial charge >= 0.3 is 0 Å². The first-order chi connectivity index (χ1) is 62.6. The zero-order valence-electron chi connectivity index (χ0n) is 69.5. The second-order valence-electron chi connectivity index (χ2n) is 32.6. The molecule has 588 valence electrons. The number of benzene rings is 16. The number of rotatable bonds is 18. The Morgan fingerprint density at radius 1 is 0.0635 bits per heavy atom. The van der Waals surface area contributed by atoms with E-state index in [4.69, 9.17) is 0 Å². The molecule has 0 saturated heterocycles. The third kappa shape index (κ3) is 13.9. The third-order valence-electron chi connectivity index (χ3n) is 25.3. The van der Waals surface area contributed by atoms with Gasteiger partial charge in [0.15, 0.2) is 0 Å². The summed E-state index contributed by atoms with van der Waals surface area (Å²) < 4.78 is 0. The van der Waals surface area contributed by atoms with Crippen molar-refractivity contribution in [2.45, 2.75) is 0 Å². The number of fused-ring (bicyclic) bond motifs is 3. The number of hydrogen-bond acceptors (Lipinski definition) is 0. The quantitative estimate of drug-likeness (QED) is 0.0803. The van der Waals surface area contributed by atoms with Crippen LogP contribution in [0.1, 0.15) is 0 Å². The van der Waals surface area contributed by atoms with Crippen LogP contribution in [0.4, 0.5) is 0 Å². The van der Waals surface area contributed by atoms with Gasteiger partial charge in [0.1, 0.15) is 0 Å². The maximum Gasteiger partial charge on any atom is -0.00143 e. The van der Waals surface area contributed by atoms with Gasteiger partial charge in [-0.2, -0.15) is 0 Å². The van der Waals surface area contributed by atoms with Gasteiger partial charge in [0.2, 0.25) is 0 Å². The Morgan fingerprint density at radius 3 is 0.437 bits per heavy atom. The molecule has 0 nitrogen and oxygen atoms in total. The van der Waals surface area contributed by atoms with Gasteiger partial charge in [0.25, 0.3) is 0 Å². The van der Waals surface area contributed by atoms with Crippen molar-refractivity contribution in [3.8, 4) is 234 Å². The summed E-state index contributed by atoms with van der Waals surface area (Å²) in [5.41, 5.74) is 48.2. The van der Waals surface area contributed by atoms with Crippen molar-refractivity contribution in [1.82, 2.24) is 0 Å². The smallest absolute Gasteiger partial charge is 0.00143 e. The molecule has 0 bridgehead atoms. The van der Waals surface area contributed by atoms with Gasteiger partial charge in [-0.1, -0.05) is 467 Å². The summed E-state index contributed by atoms with van der Waals surface area (Å²) in [5.74, 6) is 0. The highest BCUT2D eigenvalue weighted by Gasteiger charge is 2.34. The summed E-state index contributed by atoms with van der Waals surface area (Å²) in [6.45, 7) is 0. The second-order valence-corrected chi connectivity index (χ2v) is 32.6. The Labute approximate surface area is 738 Å². The first-order valence-electron chi connectivity index (χ1n) is 43.6. The van der Waals surface area contributed by atoms with Crippen LogP contribution in [0.25, 0.3) is 234 Å². The molecule has 0 saturated carbocycles. The van der Waals surface area contributed by atoms with Crippen LogP contribution in [0.5, 0.6) is 0 Å². The lowest BCUT2D eigenvalue weighted by atomic mass is 9.78. The molecule has 6 aliphatic carbocycles. The zero-order valence-corrected chi connectivity index (χ0v) is 69.5. The van der Waals surface area contributed by atoms with Gasteiger partial charge in [0.05, 0.1) is 0 Å². The van der Waals surface area contributed by atoms with E-state index in [0.717, 1.165) is 189 Å². The molecule has 0 heteroatoms. The summed E-state index contributed by atoms with van der Waals surface area (Å²) in [6, 6.07) is 190. The van der Waals surface area contributed by atoms with Crippen molar-refractivity contribution in [1.29, 1.82) is 0 Å². The molecule has 0 heterocycles. The summed E-state index contributed by atoms with van der Waals surface area (Å²) in [6.07, 6.45) is 0. The van der Waals surface area contributed by atoms with Gasteiger partial charge in [-0.05, 0) is 276 Å². The summed E-state index contributed by atoms with van der Waals surface area (Å²) in [7, 11) is 0. The molecule has 126 heavy (non-hydrogen) atoms. The van der Waals surface area contributed by atoms with Crippen molar-refractivity contribution >= 4 is 0 Å². The van der Waals surface area contributed by atoms with Gasteiger partial charge in [0, 0.05) is 0 Å². The minimum absolute atomic E-state index is 1.10. The fraction of sp³-hybridized carbons (Fsp3) is 0. The molecule has 22 rings (SSSR count). The maximum absolute atomic E-state index is 2.56. The van der Waals surface area contributed by atoms with Crippen LogP contribution in [-0.2, 0) is 0 Å². The van der Waals surface area contributed by atoms with Crippen LogP contribution in [-0.4, -0.2) is 0 Å². The highest BCUT2D eigenvalue weighted by molar-refractivity contribution is 6.17. The molecule has 16 aromatic carbocycles. The normalized spacial score (nSPS) is 11.3. The lowest BCUT2D eigenvalue weighted by Gasteiger charge is -2.24. The molecule has 0 aromatic heterocycles. The molecule has 0 spiro atoms. The van der Waals surface area contributed by atoms with Crippen LogP contribution < -0.4 is 0 Å². The predicted octanol–water partition coefficient (Wildman–Crippen LogP) is 35.0. The molecular weight excluding hydrogens is 1510 g/mol. The highest BCUT2D eigenvalue weighted by atomic mass is 14.4. The first kappa shape index (κ1) is 75.8. The monoisotopic (exact) mass is 1600 g/mol.